The van der Waals surface area contributed by atoms with Crippen molar-refractivity contribution in [2.75, 3.05) is 6.54 Å². The Labute approximate surface area is 79.5 Å². The van der Waals surface area contributed by atoms with Crippen molar-refractivity contribution in [3.05, 3.63) is 47.7 Å². The van der Waals surface area contributed by atoms with Crippen LogP contribution < -0.4 is 5.32 Å². The molecule has 1 aliphatic heterocycles. The summed E-state index contributed by atoms with van der Waals surface area (Å²) in [7, 11) is 0. The van der Waals surface area contributed by atoms with Gasteiger partial charge in [0.15, 0.2) is 0 Å². The van der Waals surface area contributed by atoms with Crippen LogP contribution in [0.1, 0.15) is 13.3 Å². The third-order valence-corrected chi connectivity index (χ3v) is 2.50. The van der Waals surface area contributed by atoms with Gasteiger partial charge in [-0.2, -0.15) is 0 Å². The molecule has 1 unspecified atom stereocenters. The lowest BCUT2D eigenvalue weighted by atomic mass is 9.95. The Bertz CT molecular complexity index is 305. The van der Waals surface area contributed by atoms with Gasteiger partial charge in [0.05, 0.1) is 0 Å². The molecule has 1 N–H and O–H groups in total. The third-order valence-electron chi connectivity index (χ3n) is 2.50. The molecule has 0 bridgehead atoms. The lowest BCUT2D eigenvalue weighted by Gasteiger charge is -2.21. The number of hydrogen-bond acceptors (Lipinski definition) is 1. The van der Waals surface area contributed by atoms with Crippen LogP contribution in [0.15, 0.2) is 47.7 Å². The Balaban J connectivity index is 2.09. The van der Waals surface area contributed by atoms with Gasteiger partial charge in [-0.3, -0.25) is 0 Å². The minimum Gasteiger partial charge on any atom is -0.384 e. The van der Waals surface area contributed by atoms with E-state index in [1.807, 2.05) is 0 Å². The summed E-state index contributed by atoms with van der Waals surface area (Å²) in [6.45, 7) is 3.15. The molecular weight excluding hydrogens is 158 g/mol. The number of allylic oxidation sites excluding steroid dienone is 6. The number of dihydropyridines is 1. The molecule has 1 heterocycles. The van der Waals surface area contributed by atoms with E-state index in [0.29, 0.717) is 5.92 Å². The van der Waals surface area contributed by atoms with E-state index >= 15 is 0 Å². The average Bonchev–Trinajstić information content (AvgIpc) is 2.20. The van der Waals surface area contributed by atoms with Gasteiger partial charge in [0, 0.05) is 18.2 Å². The first-order valence-electron chi connectivity index (χ1n) is 4.81. The first kappa shape index (κ1) is 8.36. The fourth-order valence-corrected chi connectivity index (χ4v) is 1.66. The molecule has 0 spiro atoms. The highest BCUT2D eigenvalue weighted by Gasteiger charge is 2.12. The van der Waals surface area contributed by atoms with Gasteiger partial charge < -0.3 is 5.32 Å². The van der Waals surface area contributed by atoms with Gasteiger partial charge in [-0.05, 0) is 19.4 Å². The molecule has 1 nitrogen and oxygen atoms in total. The van der Waals surface area contributed by atoms with Gasteiger partial charge in [-0.25, -0.2) is 0 Å². The minimum absolute atomic E-state index is 0.564. The summed E-state index contributed by atoms with van der Waals surface area (Å²) in [4.78, 5) is 0. The maximum absolute atomic E-state index is 3.45. The molecule has 0 saturated carbocycles. The molecule has 0 fully saturated rings. The summed E-state index contributed by atoms with van der Waals surface area (Å²) >= 11 is 0. The normalized spacial score (nSPS) is 26.4. The van der Waals surface area contributed by atoms with E-state index in [1.54, 1.807) is 0 Å². The number of hydrogen-bond donors (Lipinski definition) is 1. The summed E-state index contributed by atoms with van der Waals surface area (Å²) in [5.41, 5.74) is 2.75. The first-order valence-corrected chi connectivity index (χ1v) is 4.81. The Morgan fingerprint density at radius 1 is 1.31 bits per heavy atom. The number of nitrogens with one attached hydrogen (secondary N) is 1. The largest absolute Gasteiger partial charge is 0.384 e. The maximum atomic E-state index is 3.45. The quantitative estimate of drug-likeness (QED) is 0.642. The smallest absolute Gasteiger partial charge is 0.0357 e. The van der Waals surface area contributed by atoms with E-state index in [-0.39, 0.29) is 0 Å². The molecule has 0 aromatic carbocycles. The van der Waals surface area contributed by atoms with Crippen LogP contribution in [-0.4, -0.2) is 6.54 Å². The van der Waals surface area contributed by atoms with Crippen LogP contribution in [-0.2, 0) is 0 Å². The second-order valence-corrected chi connectivity index (χ2v) is 3.64. The van der Waals surface area contributed by atoms with E-state index in [4.69, 9.17) is 0 Å². The highest BCUT2D eigenvalue weighted by molar-refractivity contribution is 5.28. The molecule has 13 heavy (non-hydrogen) atoms. The molecule has 1 heteroatoms. The van der Waals surface area contributed by atoms with Crippen LogP contribution in [0.2, 0.25) is 0 Å². The van der Waals surface area contributed by atoms with E-state index in [1.165, 1.54) is 11.3 Å². The third kappa shape index (κ3) is 1.92. The SMILES string of the molecule is CC1=CC=C(C2C=CC=CC2)NC1. The van der Waals surface area contributed by atoms with Crippen molar-refractivity contribution in [3.63, 3.8) is 0 Å². The Kier molecular flexibility index (Phi) is 2.35. The van der Waals surface area contributed by atoms with Crippen molar-refractivity contribution in [2.24, 2.45) is 5.92 Å². The molecule has 0 aromatic rings. The topological polar surface area (TPSA) is 12.0 Å². The van der Waals surface area contributed by atoms with Gasteiger partial charge in [0.25, 0.3) is 0 Å². The van der Waals surface area contributed by atoms with Crippen molar-refractivity contribution in [1.29, 1.82) is 0 Å². The molecule has 2 aliphatic rings. The van der Waals surface area contributed by atoms with Crippen molar-refractivity contribution < 1.29 is 0 Å². The van der Waals surface area contributed by atoms with Crippen molar-refractivity contribution >= 4 is 0 Å². The second kappa shape index (κ2) is 3.65. The molecule has 68 valence electrons. The summed E-state index contributed by atoms with van der Waals surface area (Å²) in [6, 6.07) is 0. The predicted molar refractivity (Wildman–Crippen MR) is 56.2 cm³/mol. The number of rotatable bonds is 1. The molecule has 0 saturated heterocycles. The Hall–Kier alpha value is -1.24. The molecule has 1 aliphatic carbocycles. The van der Waals surface area contributed by atoms with Gasteiger partial charge >= 0.3 is 0 Å². The summed E-state index contributed by atoms with van der Waals surface area (Å²) in [5, 5.41) is 3.45. The van der Waals surface area contributed by atoms with Crippen LogP contribution in [0.3, 0.4) is 0 Å². The Morgan fingerprint density at radius 2 is 2.23 bits per heavy atom. The van der Waals surface area contributed by atoms with Gasteiger partial charge in [0.2, 0.25) is 0 Å². The monoisotopic (exact) mass is 173 g/mol. The van der Waals surface area contributed by atoms with E-state index in [2.05, 4.69) is 48.7 Å². The Morgan fingerprint density at radius 3 is 2.85 bits per heavy atom. The van der Waals surface area contributed by atoms with Crippen molar-refractivity contribution in [2.45, 2.75) is 13.3 Å². The average molecular weight is 173 g/mol. The fourth-order valence-electron chi connectivity index (χ4n) is 1.66. The zero-order valence-electron chi connectivity index (χ0n) is 7.96. The molecule has 0 aromatic heterocycles. The summed E-state index contributed by atoms with van der Waals surface area (Å²) in [6.07, 6.45) is 14.3. The van der Waals surface area contributed by atoms with Crippen LogP contribution in [0.25, 0.3) is 0 Å². The fraction of sp³-hybridized carbons (Fsp3) is 0.333. The van der Waals surface area contributed by atoms with Gasteiger partial charge in [-0.15, -0.1) is 0 Å². The van der Waals surface area contributed by atoms with E-state index in [9.17, 15) is 0 Å². The molecule has 2 rings (SSSR count). The highest BCUT2D eigenvalue weighted by Crippen LogP contribution is 2.20. The maximum Gasteiger partial charge on any atom is 0.0357 e. The van der Waals surface area contributed by atoms with Crippen LogP contribution in [0, 0.1) is 5.92 Å². The van der Waals surface area contributed by atoms with Crippen molar-refractivity contribution in [1.82, 2.24) is 5.32 Å². The zero-order chi connectivity index (χ0) is 9.10. The highest BCUT2D eigenvalue weighted by atomic mass is 14.9. The molecule has 0 amide bonds. The van der Waals surface area contributed by atoms with E-state index in [0.717, 1.165) is 13.0 Å². The summed E-state index contributed by atoms with van der Waals surface area (Å²) in [5.74, 6) is 0.564. The van der Waals surface area contributed by atoms with E-state index < -0.39 is 0 Å². The van der Waals surface area contributed by atoms with Crippen LogP contribution in [0.4, 0.5) is 0 Å². The van der Waals surface area contributed by atoms with Crippen molar-refractivity contribution in [3.8, 4) is 0 Å². The minimum atomic E-state index is 0.564. The predicted octanol–water partition coefficient (Wildman–Crippen LogP) is 2.55. The van der Waals surface area contributed by atoms with Gasteiger partial charge in [0.1, 0.15) is 0 Å². The second-order valence-electron chi connectivity index (χ2n) is 3.64. The molecule has 1 atom stereocenters. The van der Waals surface area contributed by atoms with Gasteiger partial charge in [-0.1, -0.05) is 36.0 Å². The van der Waals surface area contributed by atoms with Crippen LogP contribution >= 0.6 is 0 Å². The summed E-state index contributed by atoms with van der Waals surface area (Å²) < 4.78 is 0. The molecular formula is C12H15N. The lowest BCUT2D eigenvalue weighted by molar-refractivity contribution is 0.670. The standard InChI is InChI=1S/C12H15N/c1-10-7-8-12(13-9-10)11-5-3-2-4-6-11/h2-5,7-8,11,13H,6,9H2,1H3. The van der Waals surface area contributed by atoms with Crippen LogP contribution in [0.5, 0.6) is 0 Å². The zero-order valence-corrected chi connectivity index (χ0v) is 7.96. The first-order chi connectivity index (χ1) is 6.36. The lowest BCUT2D eigenvalue weighted by Crippen LogP contribution is -2.23. The molecule has 0 radical (unpaired) electrons.